The number of methoxy groups -OCH3 is 2. The minimum atomic E-state index is 0. The molecule has 1 aromatic rings. The van der Waals surface area contributed by atoms with Crippen LogP contribution in [-0.4, -0.2) is 69.8 Å². The normalized spacial score (nSPS) is 15.1. The molecule has 0 saturated heterocycles. The summed E-state index contributed by atoms with van der Waals surface area (Å²) in [6, 6.07) is 4.79. The second-order valence-electron chi connectivity index (χ2n) is 6.86. The molecule has 1 heterocycles. The number of halogens is 1. The Labute approximate surface area is 181 Å². The number of nitrogens with one attached hydrogen (secondary N) is 1. The second-order valence-corrected chi connectivity index (χ2v) is 6.86. The van der Waals surface area contributed by atoms with Crippen molar-refractivity contribution >= 4 is 29.9 Å². The molecule has 0 saturated carbocycles. The van der Waals surface area contributed by atoms with Gasteiger partial charge in [-0.15, -0.1) is 24.0 Å². The maximum atomic E-state index is 5.45. The lowest BCUT2D eigenvalue weighted by Gasteiger charge is -2.32. The van der Waals surface area contributed by atoms with E-state index in [1.54, 1.807) is 14.2 Å². The summed E-state index contributed by atoms with van der Waals surface area (Å²) in [7, 11) is 7.39. The van der Waals surface area contributed by atoms with Gasteiger partial charge in [-0.25, -0.2) is 0 Å². The molecule has 7 heteroatoms. The highest BCUT2D eigenvalue weighted by Crippen LogP contribution is 2.33. The Morgan fingerprint density at radius 3 is 2.44 bits per heavy atom. The van der Waals surface area contributed by atoms with E-state index in [4.69, 9.17) is 9.47 Å². The van der Waals surface area contributed by atoms with Crippen LogP contribution in [0.15, 0.2) is 17.1 Å². The highest BCUT2D eigenvalue weighted by Gasteiger charge is 2.21. The van der Waals surface area contributed by atoms with Crippen molar-refractivity contribution in [2.75, 3.05) is 47.9 Å². The number of ether oxygens (including phenoxy) is 2. The maximum Gasteiger partial charge on any atom is 0.194 e. The molecule has 0 fully saturated rings. The van der Waals surface area contributed by atoms with Gasteiger partial charge in [0.2, 0.25) is 0 Å². The van der Waals surface area contributed by atoms with E-state index in [0.717, 1.165) is 50.1 Å². The van der Waals surface area contributed by atoms with Crippen molar-refractivity contribution < 1.29 is 9.47 Å². The van der Waals surface area contributed by atoms with Gasteiger partial charge in [-0.05, 0) is 50.1 Å². The SMILES string of the molecule is CCC(C)N(C)CCNC(=NC)N1CCc2cc(OC)c(OC)cc2C1.I. The molecular weight excluding hydrogens is 455 g/mol. The van der Waals surface area contributed by atoms with E-state index < -0.39 is 0 Å². The molecule has 0 aromatic heterocycles. The molecule has 1 aliphatic rings. The van der Waals surface area contributed by atoms with Gasteiger partial charge in [0.1, 0.15) is 0 Å². The number of guanidine groups is 1. The molecular formula is C20H35IN4O2. The third kappa shape index (κ3) is 6.14. The zero-order chi connectivity index (χ0) is 19.1. The van der Waals surface area contributed by atoms with E-state index in [1.165, 1.54) is 17.5 Å². The van der Waals surface area contributed by atoms with Crippen LogP contribution in [0.2, 0.25) is 0 Å². The van der Waals surface area contributed by atoms with E-state index in [1.807, 2.05) is 7.05 Å². The number of fused-ring (bicyclic) bond motifs is 1. The van der Waals surface area contributed by atoms with Crippen LogP contribution in [0.25, 0.3) is 0 Å². The van der Waals surface area contributed by atoms with Crippen molar-refractivity contribution in [2.24, 2.45) is 4.99 Å². The minimum absolute atomic E-state index is 0. The summed E-state index contributed by atoms with van der Waals surface area (Å²) in [5.74, 6) is 2.55. The van der Waals surface area contributed by atoms with Crippen LogP contribution < -0.4 is 14.8 Å². The van der Waals surface area contributed by atoms with Crippen LogP contribution >= 0.6 is 24.0 Å². The molecule has 1 aromatic carbocycles. The van der Waals surface area contributed by atoms with Crippen molar-refractivity contribution in [1.29, 1.82) is 0 Å². The highest BCUT2D eigenvalue weighted by molar-refractivity contribution is 14.0. The van der Waals surface area contributed by atoms with Gasteiger partial charge >= 0.3 is 0 Å². The van der Waals surface area contributed by atoms with Crippen molar-refractivity contribution in [3.63, 3.8) is 0 Å². The lowest BCUT2D eigenvalue weighted by molar-refractivity contribution is 0.254. The van der Waals surface area contributed by atoms with Crippen LogP contribution in [-0.2, 0) is 13.0 Å². The van der Waals surface area contributed by atoms with Gasteiger partial charge in [-0.1, -0.05) is 6.92 Å². The van der Waals surface area contributed by atoms with Crippen LogP contribution in [0.5, 0.6) is 11.5 Å². The Bertz CT molecular complexity index is 624. The van der Waals surface area contributed by atoms with Crippen LogP contribution in [0.3, 0.4) is 0 Å². The van der Waals surface area contributed by atoms with E-state index >= 15 is 0 Å². The molecule has 0 spiro atoms. The first-order chi connectivity index (χ1) is 12.5. The summed E-state index contributed by atoms with van der Waals surface area (Å²) in [5.41, 5.74) is 2.60. The van der Waals surface area contributed by atoms with Crippen molar-refractivity contribution in [3.8, 4) is 11.5 Å². The summed E-state index contributed by atoms with van der Waals surface area (Å²) in [6.07, 6.45) is 2.14. The van der Waals surface area contributed by atoms with Gasteiger partial charge < -0.3 is 24.6 Å². The zero-order valence-corrected chi connectivity index (χ0v) is 19.9. The molecule has 0 bridgehead atoms. The zero-order valence-electron chi connectivity index (χ0n) is 17.5. The molecule has 1 N–H and O–H groups in total. The second kappa shape index (κ2) is 11.6. The number of benzene rings is 1. The molecule has 1 unspecified atom stereocenters. The molecule has 0 radical (unpaired) electrons. The molecule has 1 atom stereocenters. The first kappa shape index (κ1) is 23.8. The molecule has 27 heavy (non-hydrogen) atoms. The average Bonchev–Trinajstić information content (AvgIpc) is 2.68. The predicted molar refractivity (Wildman–Crippen MR) is 123 cm³/mol. The van der Waals surface area contributed by atoms with Gasteiger partial charge in [0.15, 0.2) is 17.5 Å². The fourth-order valence-corrected chi connectivity index (χ4v) is 3.27. The van der Waals surface area contributed by atoms with Crippen LogP contribution in [0.4, 0.5) is 0 Å². The number of hydrogen-bond donors (Lipinski definition) is 1. The fourth-order valence-electron chi connectivity index (χ4n) is 3.27. The number of aliphatic imine (C=N–C) groups is 1. The Morgan fingerprint density at radius 1 is 1.26 bits per heavy atom. The summed E-state index contributed by atoms with van der Waals surface area (Å²) < 4.78 is 10.9. The van der Waals surface area contributed by atoms with Gasteiger partial charge in [0.05, 0.1) is 14.2 Å². The van der Waals surface area contributed by atoms with E-state index in [-0.39, 0.29) is 24.0 Å². The molecule has 6 nitrogen and oxygen atoms in total. The lowest BCUT2D eigenvalue weighted by atomic mass is 9.99. The number of hydrogen-bond acceptors (Lipinski definition) is 4. The van der Waals surface area contributed by atoms with Crippen LogP contribution in [0.1, 0.15) is 31.4 Å². The number of nitrogens with zero attached hydrogens (tertiary/aromatic N) is 3. The Morgan fingerprint density at radius 2 is 1.89 bits per heavy atom. The van der Waals surface area contributed by atoms with Gasteiger partial charge in [-0.3, -0.25) is 4.99 Å². The Hall–Kier alpha value is -1.22. The quantitative estimate of drug-likeness (QED) is 0.362. The average molecular weight is 490 g/mol. The summed E-state index contributed by atoms with van der Waals surface area (Å²) >= 11 is 0. The van der Waals surface area contributed by atoms with Gasteiger partial charge in [-0.2, -0.15) is 0 Å². The van der Waals surface area contributed by atoms with Crippen molar-refractivity contribution in [2.45, 2.75) is 39.3 Å². The van der Waals surface area contributed by atoms with Crippen molar-refractivity contribution in [1.82, 2.24) is 15.1 Å². The van der Waals surface area contributed by atoms with Crippen molar-refractivity contribution in [3.05, 3.63) is 23.3 Å². The maximum absolute atomic E-state index is 5.45. The molecule has 0 amide bonds. The summed E-state index contributed by atoms with van der Waals surface area (Å²) in [4.78, 5) is 9.16. The van der Waals surface area contributed by atoms with Crippen LogP contribution in [0, 0.1) is 0 Å². The topological polar surface area (TPSA) is 49.3 Å². The fraction of sp³-hybridized carbons (Fsp3) is 0.650. The Balaban J connectivity index is 0.00000364. The number of rotatable bonds is 7. The summed E-state index contributed by atoms with van der Waals surface area (Å²) in [6.45, 7) is 8.16. The molecule has 154 valence electrons. The first-order valence-corrected chi connectivity index (χ1v) is 9.43. The third-order valence-corrected chi connectivity index (χ3v) is 5.32. The van der Waals surface area contributed by atoms with E-state index in [9.17, 15) is 0 Å². The molecule has 0 aliphatic carbocycles. The molecule has 1 aliphatic heterocycles. The van der Waals surface area contributed by atoms with E-state index in [0.29, 0.717) is 6.04 Å². The Kier molecular flexibility index (Phi) is 10.2. The first-order valence-electron chi connectivity index (χ1n) is 9.43. The van der Waals surface area contributed by atoms with Gasteiger partial charge in [0, 0.05) is 39.3 Å². The van der Waals surface area contributed by atoms with E-state index in [2.05, 4.69) is 53.1 Å². The minimum Gasteiger partial charge on any atom is -0.493 e. The summed E-state index contributed by atoms with van der Waals surface area (Å²) in [5, 5.41) is 3.51. The monoisotopic (exact) mass is 490 g/mol. The highest BCUT2D eigenvalue weighted by atomic mass is 127. The standard InChI is InChI=1S/C20H34N4O2.HI/c1-7-15(2)23(4)11-9-22-20(21-3)24-10-8-16-12-18(25-5)19(26-6)13-17(16)14-24;/h12-13,15H,7-11,14H2,1-6H3,(H,21,22);1H. The largest absolute Gasteiger partial charge is 0.493 e. The third-order valence-electron chi connectivity index (χ3n) is 5.32. The predicted octanol–water partition coefficient (Wildman–Crippen LogP) is 2.99. The lowest BCUT2D eigenvalue weighted by Crippen LogP contribution is -2.46. The molecule has 2 rings (SSSR count). The van der Waals surface area contributed by atoms with Gasteiger partial charge in [0.25, 0.3) is 0 Å². The smallest absolute Gasteiger partial charge is 0.194 e. The number of likely N-dealkylation sites (N-methyl/N-ethyl adjacent to an activating group) is 1.